The monoisotopic (exact) mass is 278 g/mol. The molecule has 5 nitrogen and oxygen atoms in total. The molecule has 4 N–H and O–H groups in total. The Balaban J connectivity index is 2.07. The lowest BCUT2D eigenvalue weighted by atomic mass is 9.78. The standard InChI is InChI=1S/C15H22N2O3/c1-20-11-6-7-13(14(18)8-11)17-15(19)12-5-3-2-4-10(12)9-16/h6-8,10,12,18H,2-5,9,16H2,1H3,(H,17,19). The molecule has 5 heteroatoms. The Labute approximate surface area is 119 Å². The number of anilines is 1. The van der Waals surface area contributed by atoms with E-state index in [1.807, 2.05) is 0 Å². The summed E-state index contributed by atoms with van der Waals surface area (Å²) in [6, 6.07) is 4.83. The van der Waals surface area contributed by atoms with Gasteiger partial charge in [0.2, 0.25) is 5.91 Å². The van der Waals surface area contributed by atoms with Crippen LogP contribution in [0.1, 0.15) is 25.7 Å². The number of phenols is 1. The molecule has 1 aromatic rings. The molecule has 1 fully saturated rings. The number of nitrogens with two attached hydrogens (primary N) is 1. The maximum absolute atomic E-state index is 12.3. The van der Waals surface area contributed by atoms with E-state index in [0.717, 1.165) is 25.7 Å². The number of methoxy groups -OCH3 is 1. The lowest BCUT2D eigenvalue weighted by Gasteiger charge is -2.29. The van der Waals surface area contributed by atoms with E-state index in [9.17, 15) is 9.90 Å². The van der Waals surface area contributed by atoms with Crippen molar-refractivity contribution in [2.45, 2.75) is 25.7 Å². The molecule has 0 radical (unpaired) electrons. The molecule has 1 aliphatic rings. The van der Waals surface area contributed by atoms with Gasteiger partial charge in [0, 0.05) is 12.0 Å². The van der Waals surface area contributed by atoms with Crippen LogP contribution in [0.4, 0.5) is 5.69 Å². The second-order valence-corrected chi connectivity index (χ2v) is 5.26. The van der Waals surface area contributed by atoms with E-state index in [1.54, 1.807) is 12.1 Å². The zero-order chi connectivity index (χ0) is 14.5. The maximum Gasteiger partial charge on any atom is 0.227 e. The normalized spacial score (nSPS) is 22.3. The first-order valence-corrected chi connectivity index (χ1v) is 7.03. The fourth-order valence-electron chi connectivity index (χ4n) is 2.80. The van der Waals surface area contributed by atoms with Crippen LogP contribution < -0.4 is 15.8 Å². The zero-order valence-electron chi connectivity index (χ0n) is 11.8. The van der Waals surface area contributed by atoms with E-state index in [0.29, 0.717) is 18.0 Å². The number of nitrogens with one attached hydrogen (secondary N) is 1. The average Bonchev–Trinajstić information content (AvgIpc) is 2.49. The van der Waals surface area contributed by atoms with E-state index in [4.69, 9.17) is 10.5 Å². The van der Waals surface area contributed by atoms with E-state index in [-0.39, 0.29) is 23.5 Å². The van der Waals surface area contributed by atoms with Gasteiger partial charge in [0.05, 0.1) is 12.8 Å². The third-order valence-corrected chi connectivity index (χ3v) is 4.01. The predicted octanol–water partition coefficient (Wildman–Crippen LogP) is 2.10. The fraction of sp³-hybridized carbons (Fsp3) is 0.533. The van der Waals surface area contributed by atoms with Crippen molar-refractivity contribution in [1.29, 1.82) is 0 Å². The van der Waals surface area contributed by atoms with Crippen molar-refractivity contribution in [3.05, 3.63) is 18.2 Å². The van der Waals surface area contributed by atoms with Gasteiger partial charge in [0.15, 0.2) is 0 Å². The Kier molecular flexibility index (Phi) is 4.84. The second-order valence-electron chi connectivity index (χ2n) is 5.26. The lowest BCUT2D eigenvalue weighted by molar-refractivity contribution is -0.122. The summed E-state index contributed by atoms with van der Waals surface area (Å²) in [6.45, 7) is 0.534. The highest BCUT2D eigenvalue weighted by molar-refractivity contribution is 5.94. The van der Waals surface area contributed by atoms with Gasteiger partial charge >= 0.3 is 0 Å². The number of rotatable bonds is 4. The molecule has 0 aliphatic heterocycles. The number of hydrogen-bond acceptors (Lipinski definition) is 4. The Morgan fingerprint density at radius 2 is 2.20 bits per heavy atom. The SMILES string of the molecule is COc1ccc(NC(=O)C2CCCCC2CN)c(O)c1. The minimum atomic E-state index is -0.0600. The number of amides is 1. The van der Waals surface area contributed by atoms with Gasteiger partial charge < -0.3 is 20.9 Å². The van der Waals surface area contributed by atoms with Gasteiger partial charge in [-0.15, -0.1) is 0 Å². The Morgan fingerprint density at radius 1 is 1.45 bits per heavy atom. The van der Waals surface area contributed by atoms with Gasteiger partial charge in [0.1, 0.15) is 11.5 Å². The second kappa shape index (κ2) is 6.61. The van der Waals surface area contributed by atoms with Gasteiger partial charge in [-0.25, -0.2) is 0 Å². The summed E-state index contributed by atoms with van der Waals surface area (Å²) in [7, 11) is 1.53. The summed E-state index contributed by atoms with van der Waals surface area (Å²) in [4.78, 5) is 12.3. The van der Waals surface area contributed by atoms with Gasteiger partial charge in [-0.3, -0.25) is 4.79 Å². The fourth-order valence-corrected chi connectivity index (χ4v) is 2.80. The first kappa shape index (κ1) is 14.7. The number of hydrogen-bond donors (Lipinski definition) is 3. The predicted molar refractivity (Wildman–Crippen MR) is 77.8 cm³/mol. The minimum Gasteiger partial charge on any atom is -0.506 e. The summed E-state index contributed by atoms with van der Waals surface area (Å²) >= 11 is 0. The summed E-state index contributed by atoms with van der Waals surface area (Å²) in [5.41, 5.74) is 6.16. The van der Waals surface area contributed by atoms with Crippen LogP contribution in [0.15, 0.2) is 18.2 Å². The van der Waals surface area contributed by atoms with Crippen LogP contribution in [-0.4, -0.2) is 24.7 Å². The average molecular weight is 278 g/mol. The molecule has 20 heavy (non-hydrogen) atoms. The minimum absolute atomic E-state index is 0.0119. The zero-order valence-corrected chi connectivity index (χ0v) is 11.8. The molecule has 110 valence electrons. The third kappa shape index (κ3) is 3.22. The highest BCUT2D eigenvalue weighted by Gasteiger charge is 2.30. The number of ether oxygens (including phenoxy) is 1. The van der Waals surface area contributed by atoms with Gasteiger partial charge in [-0.05, 0) is 37.4 Å². The van der Waals surface area contributed by atoms with Crippen LogP contribution in [0, 0.1) is 11.8 Å². The van der Waals surface area contributed by atoms with Crippen molar-refractivity contribution in [2.24, 2.45) is 17.6 Å². The van der Waals surface area contributed by atoms with Crippen LogP contribution in [0.2, 0.25) is 0 Å². The first-order valence-electron chi connectivity index (χ1n) is 7.03. The molecule has 0 saturated heterocycles. The van der Waals surface area contributed by atoms with Crippen molar-refractivity contribution >= 4 is 11.6 Å². The van der Waals surface area contributed by atoms with Crippen molar-refractivity contribution in [2.75, 3.05) is 19.0 Å². The van der Waals surface area contributed by atoms with Crippen molar-refractivity contribution in [3.8, 4) is 11.5 Å². The van der Waals surface area contributed by atoms with Gasteiger partial charge in [-0.1, -0.05) is 12.8 Å². The summed E-state index contributed by atoms with van der Waals surface area (Å²) in [5, 5.41) is 12.7. The van der Waals surface area contributed by atoms with Crippen LogP contribution in [0.25, 0.3) is 0 Å². The Bertz CT molecular complexity index is 476. The van der Waals surface area contributed by atoms with Crippen molar-refractivity contribution in [3.63, 3.8) is 0 Å². The molecule has 1 aliphatic carbocycles. The number of aromatic hydroxyl groups is 1. The molecule has 0 spiro atoms. The summed E-state index contributed by atoms with van der Waals surface area (Å²) in [6.07, 6.45) is 4.07. The van der Waals surface area contributed by atoms with E-state index >= 15 is 0 Å². The number of phenolic OH excluding ortho intramolecular Hbond substituents is 1. The molecular formula is C15H22N2O3. The first-order chi connectivity index (χ1) is 9.65. The van der Waals surface area contributed by atoms with Crippen molar-refractivity contribution in [1.82, 2.24) is 0 Å². The molecule has 0 bridgehead atoms. The Morgan fingerprint density at radius 3 is 2.85 bits per heavy atom. The summed E-state index contributed by atoms with van der Waals surface area (Å²) < 4.78 is 5.02. The number of benzene rings is 1. The molecule has 1 aromatic carbocycles. The third-order valence-electron chi connectivity index (χ3n) is 4.01. The molecule has 0 heterocycles. The van der Waals surface area contributed by atoms with Crippen LogP contribution in [0.3, 0.4) is 0 Å². The largest absolute Gasteiger partial charge is 0.506 e. The van der Waals surface area contributed by atoms with E-state index in [2.05, 4.69) is 5.32 Å². The topological polar surface area (TPSA) is 84.6 Å². The lowest BCUT2D eigenvalue weighted by Crippen LogP contribution is -2.35. The highest BCUT2D eigenvalue weighted by atomic mass is 16.5. The van der Waals surface area contributed by atoms with E-state index < -0.39 is 0 Å². The molecular weight excluding hydrogens is 256 g/mol. The van der Waals surface area contributed by atoms with Gasteiger partial charge in [0.25, 0.3) is 0 Å². The van der Waals surface area contributed by atoms with Crippen molar-refractivity contribution < 1.29 is 14.6 Å². The van der Waals surface area contributed by atoms with Crippen LogP contribution in [-0.2, 0) is 4.79 Å². The molecule has 2 atom stereocenters. The molecule has 2 rings (SSSR count). The van der Waals surface area contributed by atoms with E-state index in [1.165, 1.54) is 13.2 Å². The highest BCUT2D eigenvalue weighted by Crippen LogP contribution is 2.32. The smallest absolute Gasteiger partial charge is 0.227 e. The maximum atomic E-state index is 12.3. The van der Waals surface area contributed by atoms with Crippen LogP contribution in [0.5, 0.6) is 11.5 Å². The Hall–Kier alpha value is -1.75. The molecule has 1 amide bonds. The molecule has 1 saturated carbocycles. The van der Waals surface area contributed by atoms with Crippen LogP contribution >= 0.6 is 0 Å². The summed E-state index contributed by atoms with van der Waals surface area (Å²) in [5.74, 6) is 0.691. The quantitative estimate of drug-likeness (QED) is 0.736. The molecule has 0 aromatic heterocycles. The van der Waals surface area contributed by atoms with Gasteiger partial charge in [-0.2, -0.15) is 0 Å². The number of carbonyl (C=O) groups excluding carboxylic acids is 1. The molecule has 2 unspecified atom stereocenters. The number of carbonyl (C=O) groups is 1.